The maximum Gasteiger partial charge on any atom is 0.251 e. The third kappa shape index (κ3) is 2.76. The molecule has 3 atom stereocenters. The Balaban J connectivity index is 1.77. The second-order valence-electron chi connectivity index (χ2n) is 7.43. The Hall–Kier alpha value is -2.72. The van der Waals surface area contributed by atoms with E-state index in [9.17, 15) is 10.1 Å². The van der Waals surface area contributed by atoms with E-state index in [2.05, 4.69) is 31.9 Å². The van der Waals surface area contributed by atoms with Gasteiger partial charge in [0.25, 0.3) is 5.56 Å². The van der Waals surface area contributed by atoms with Crippen LogP contribution >= 0.6 is 0 Å². The molecule has 4 heterocycles. The van der Waals surface area contributed by atoms with Crippen molar-refractivity contribution in [2.75, 3.05) is 38.6 Å². The Kier molecular flexibility index (Phi) is 4.21. The van der Waals surface area contributed by atoms with Crippen molar-refractivity contribution in [1.82, 2.24) is 19.4 Å². The van der Waals surface area contributed by atoms with E-state index in [0.717, 1.165) is 31.7 Å². The first kappa shape index (κ1) is 16.7. The lowest BCUT2D eigenvalue weighted by Crippen LogP contribution is -2.52. The van der Waals surface area contributed by atoms with E-state index in [-0.39, 0.29) is 17.5 Å². The highest BCUT2D eigenvalue weighted by molar-refractivity contribution is 5.50. The number of likely N-dealkylation sites (N-methyl/N-ethyl adjacent to an activating group) is 1. The van der Waals surface area contributed by atoms with Gasteiger partial charge in [-0.25, -0.2) is 9.97 Å². The minimum Gasteiger partial charge on any atom is -0.353 e. The van der Waals surface area contributed by atoms with Crippen molar-refractivity contribution in [2.24, 2.45) is 5.92 Å². The molecule has 1 saturated heterocycles. The summed E-state index contributed by atoms with van der Waals surface area (Å²) in [6, 6.07) is 7.84. The number of rotatable bonds is 3. The van der Waals surface area contributed by atoms with Gasteiger partial charge < -0.3 is 14.4 Å². The summed E-state index contributed by atoms with van der Waals surface area (Å²) in [5.41, 5.74) is 1.53. The molecule has 0 unspecified atom stereocenters. The second-order valence-corrected chi connectivity index (χ2v) is 7.43. The Bertz CT molecular complexity index is 915. The molecule has 4 rings (SSSR count). The van der Waals surface area contributed by atoms with Gasteiger partial charge in [0.15, 0.2) is 11.5 Å². The molecule has 0 amide bonds. The van der Waals surface area contributed by atoms with E-state index in [1.54, 1.807) is 18.5 Å². The standard InChI is InChI=1S/C19H22N6O/c1-23(2)12-17-14-8-13(16-4-3-5-18(26)25(16)17)10-24(11-14)19-15(9-20)21-6-7-22-19/h3-7,13-14,17H,8,10-12H2,1-2H3/t13-,14+,17+/m1/s1. The molecule has 0 saturated carbocycles. The van der Waals surface area contributed by atoms with E-state index in [0.29, 0.717) is 17.4 Å². The van der Waals surface area contributed by atoms with Crippen LogP contribution < -0.4 is 10.5 Å². The van der Waals surface area contributed by atoms with Gasteiger partial charge in [0.1, 0.15) is 6.07 Å². The van der Waals surface area contributed by atoms with Gasteiger partial charge in [0.2, 0.25) is 0 Å². The van der Waals surface area contributed by atoms with E-state index >= 15 is 0 Å². The SMILES string of the molecule is CN(C)C[C@H]1[C@H]2C[C@H](CN(c3nccnc3C#N)C2)c2cccc(=O)n21. The lowest BCUT2D eigenvalue weighted by atomic mass is 9.78. The molecular formula is C19H22N6O. The van der Waals surface area contributed by atoms with Crippen LogP contribution in [-0.4, -0.2) is 53.2 Å². The molecule has 1 fully saturated rings. The summed E-state index contributed by atoms with van der Waals surface area (Å²) in [4.78, 5) is 25.5. The van der Waals surface area contributed by atoms with Crippen LogP contribution in [0.1, 0.15) is 29.8 Å². The minimum atomic E-state index is 0.0784. The lowest BCUT2D eigenvalue weighted by Gasteiger charge is -2.47. The molecule has 134 valence electrons. The highest BCUT2D eigenvalue weighted by Gasteiger charge is 2.41. The molecule has 0 radical (unpaired) electrons. The number of nitriles is 1. The molecule has 0 N–H and O–H groups in total. The largest absolute Gasteiger partial charge is 0.353 e. The van der Waals surface area contributed by atoms with Crippen LogP contribution in [0.5, 0.6) is 0 Å². The quantitative estimate of drug-likeness (QED) is 0.829. The normalized spacial score (nSPS) is 24.2. The summed E-state index contributed by atoms with van der Waals surface area (Å²) in [7, 11) is 4.08. The zero-order valence-corrected chi connectivity index (χ0v) is 15.0. The molecule has 2 bridgehead atoms. The first-order chi connectivity index (χ1) is 12.6. The summed E-state index contributed by atoms with van der Waals surface area (Å²) in [6.45, 7) is 2.35. The molecule has 0 spiro atoms. The highest BCUT2D eigenvalue weighted by atomic mass is 16.1. The summed E-state index contributed by atoms with van der Waals surface area (Å²) in [6.07, 6.45) is 4.24. The zero-order chi connectivity index (χ0) is 18.3. The van der Waals surface area contributed by atoms with Crippen molar-refractivity contribution in [3.05, 3.63) is 52.3 Å². The average Bonchev–Trinajstić information content (AvgIpc) is 2.65. The summed E-state index contributed by atoms with van der Waals surface area (Å²) >= 11 is 0. The molecule has 7 nitrogen and oxygen atoms in total. The molecule has 0 aromatic carbocycles. The third-order valence-corrected chi connectivity index (χ3v) is 5.43. The number of piperidine rings is 1. The number of nitrogens with zero attached hydrogens (tertiary/aromatic N) is 6. The van der Waals surface area contributed by atoms with Crippen molar-refractivity contribution in [2.45, 2.75) is 18.4 Å². The van der Waals surface area contributed by atoms with Crippen molar-refractivity contribution < 1.29 is 0 Å². The number of hydrogen-bond acceptors (Lipinski definition) is 6. The van der Waals surface area contributed by atoms with E-state index in [4.69, 9.17) is 0 Å². The van der Waals surface area contributed by atoms with Gasteiger partial charge in [-0.1, -0.05) is 6.07 Å². The first-order valence-electron chi connectivity index (χ1n) is 8.90. The number of pyridine rings is 1. The van der Waals surface area contributed by atoms with E-state index in [1.807, 2.05) is 24.7 Å². The average molecular weight is 350 g/mol. The zero-order valence-electron chi connectivity index (χ0n) is 15.0. The Morgan fingerprint density at radius 1 is 1.27 bits per heavy atom. The summed E-state index contributed by atoms with van der Waals surface area (Å²) in [5.74, 6) is 1.24. The molecule has 2 aliphatic heterocycles. The predicted molar refractivity (Wildman–Crippen MR) is 98.1 cm³/mol. The van der Waals surface area contributed by atoms with E-state index < -0.39 is 0 Å². The fourth-order valence-electron chi connectivity index (χ4n) is 4.47. The van der Waals surface area contributed by atoms with Gasteiger partial charge in [-0.15, -0.1) is 0 Å². The van der Waals surface area contributed by atoms with Crippen molar-refractivity contribution >= 4 is 5.82 Å². The first-order valence-corrected chi connectivity index (χ1v) is 8.90. The highest BCUT2D eigenvalue weighted by Crippen LogP contribution is 2.42. The van der Waals surface area contributed by atoms with Crippen LogP contribution in [0.25, 0.3) is 0 Å². The van der Waals surface area contributed by atoms with Crippen LogP contribution in [0.2, 0.25) is 0 Å². The fourth-order valence-corrected chi connectivity index (χ4v) is 4.47. The van der Waals surface area contributed by atoms with E-state index in [1.165, 1.54) is 0 Å². The van der Waals surface area contributed by atoms with Gasteiger partial charge in [-0.05, 0) is 32.5 Å². The van der Waals surface area contributed by atoms with Crippen LogP contribution in [0.4, 0.5) is 5.82 Å². The van der Waals surface area contributed by atoms with Gasteiger partial charge in [0, 0.05) is 49.7 Å². The van der Waals surface area contributed by atoms with Gasteiger partial charge in [-0.2, -0.15) is 5.26 Å². The second kappa shape index (κ2) is 6.54. The third-order valence-electron chi connectivity index (χ3n) is 5.43. The summed E-state index contributed by atoms with van der Waals surface area (Å²) in [5, 5.41) is 9.39. The molecule has 0 aliphatic carbocycles. The molecule has 2 aliphatic rings. The van der Waals surface area contributed by atoms with Gasteiger partial charge >= 0.3 is 0 Å². The number of fused-ring (bicyclic) bond motifs is 4. The monoisotopic (exact) mass is 350 g/mol. The smallest absolute Gasteiger partial charge is 0.251 e. The Labute approximate surface area is 152 Å². The molecule has 2 aromatic heterocycles. The Morgan fingerprint density at radius 2 is 2.08 bits per heavy atom. The van der Waals surface area contributed by atoms with Crippen molar-refractivity contribution in [1.29, 1.82) is 5.26 Å². The number of anilines is 1. The predicted octanol–water partition coefficient (Wildman–Crippen LogP) is 1.24. The molecule has 7 heteroatoms. The molecular weight excluding hydrogens is 328 g/mol. The minimum absolute atomic E-state index is 0.0784. The maximum absolute atomic E-state index is 12.6. The van der Waals surface area contributed by atoms with Crippen LogP contribution in [0.3, 0.4) is 0 Å². The molecule has 2 aromatic rings. The van der Waals surface area contributed by atoms with Crippen LogP contribution in [-0.2, 0) is 0 Å². The topological polar surface area (TPSA) is 78.1 Å². The molecule has 26 heavy (non-hydrogen) atoms. The van der Waals surface area contributed by atoms with Gasteiger partial charge in [0.05, 0.1) is 6.04 Å². The van der Waals surface area contributed by atoms with Crippen molar-refractivity contribution in [3.63, 3.8) is 0 Å². The number of aromatic nitrogens is 3. The van der Waals surface area contributed by atoms with Crippen LogP contribution in [0.15, 0.2) is 35.4 Å². The Morgan fingerprint density at radius 3 is 2.85 bits per heavy atom. The summed E-state index contributed by atoms with van der Waals surface area (Å²) < 4.78 is 2.00. The van der Waals surface area contributed by atoms with Crippen molar-refractivity contribution in [3.8, 4) is 6.07 Å². The van der Waals surface area contributed by atoms with Crippen LogP contribution in [0, 0.1) is 17.2 Å². The fraction of sp³-hybridized carbons (Fsp3) is 0.474. The van der Waals surface area contributed by atoms with Gasteiger partial charge in [-0.3, -0.25) is 4.79 Å². The maximum atomic E-state index is 12.6. The lowest BCUT2D eigenvalue weighted by molar-refractivity contribution is 0.174. The number of hydrogen-bond donors (Lipinski definition) is 0.